The fourth-order valence-electron chi connectivity index (χ4n) is 3.52. The Morgan fingerprint density at radius 3 is 2.41 bits per heavy atom. The van der Waals surface area contributed by atoms with Gasteiger partial charge in [-0.15, -0.1) is 0 Å². The fraction of sp³-hybridized carbons (Fsp3) is 0.440. The minimum Gasteiger partial charge on any atom is -0.467 e. The van der Waals surface area contributed by atoms with Gasteiger partial charge in [-0.3, -0.25) is 4.98 Å². The highest BCUT2D eigenvalue weighted by atomic mass is 19.1. The lowest BCUT2D eigenvalue weighted by molar-refractivity contribution is -0.145. The summed E-state index contributed by atoms with van der Waals surface area (Å²) in [6.45, 7) is 12.6. The van der Waals surface area contributed by atoms with E-state index in [1.54, 1.807) is 30.6 Å². The van der Waals surface area contributed by atoms with Crippen molar-refractivity contribution in [2.45, 2.75) is 33.2 Å². The predicted molar refractivity (Wildman–Crippen MR) is 129 cm³/mol. The number of halogens is 1. The zero-order valence-corrected chi connectivity index (χ0v) is 20.0. The summed E-state index contributed by atoms with van der Waals surface area (Å²) in [5.74, 6) is 0.769. The molecule has 3 heterocycles. The van der Waals surface area contributed by atoms with Crippen molar-refractivity contribution in [3.63, 3.8) is 0 Å². The van der Waals surface area contributed by atoms with Crippen molar-refractivity contribution >= 4 is 11.5 Å². The summed E-state index contributed by atoms with van der Waals surface area (Å²) in [4.78, 5) is 20.6. The van der Waals surface area contributed by atoms with Crippen molar-refractivity contribution in [1.82, 2.24) is 20.1 Å². The topological polar surface area (TPSA) is 57.7 Å². The predicted octanol–water partition coefficient (Wildman–Crippen LogP) is 4.16. The van der Waals surface area contributed by atoms with E-state index < -0.39 is 0 Å². The lowest BCUT2D eigenvalue weighted by Crippen LogP contribution is -2.47. The molecule has 6 nitrogen and oxygen atoms in total. The van der Waals surface area contributed by atoms with Crippen molar-refractivity contribution in [2.75, 3.05) is 40.3 Å². The highest BCUT2D eigenvalue weighted by Gasteiger charge is 2.38. The van der Waals surface area contributed by atoms with Gasteiger partial charge in [0.25, 0.3) is 0 Å². The number of nitrogens with one attached hydrogen (secondary N) is 1. The van der Waals surface area contributed by atoms with Crippen LogP contribution in [0.1, 0.15) is 32.8 Å². The second-order valence-electron chi connectivity index (χ2n) is 7.00. The van der Waals surface area contributed by atoms with Crippen LogP contribution < -0.4 is 5.32 Å². The number of ether oxygens (including phenoxy) is 1. The Labute approximate surface area is 192 Å². The summed E-state index contributed by atoms with van der Waals surface area (Å²) < 4.78 is 16.8. The number of carbonyl (C=O) groups is 1. The van der Waals surface area contributed by atoms with Crippen LogP contribution in [-0.4, -0.2) is 67.1 Å². The third kappa shape index (κ3) is 7.96. The molecule has 2 aliphatic heterocycles. The smallest absolute Gasteiger partial charge is 0.328 e. The van der Waals surface area contributed by atoms with Gasteiger partial charge in [0.2, 0.25) is 0 Å². The van der Waals surface area contributed by atoms with E-state index in [2.05, 4.69) is 26.7 Å². The molecule has 0 aliphatic carbocycles. The number of hydrogen-bond donors (Lipinski definition) is 1. The monoisotopic (exact) mass is 444 g/mol. The van der Waals surface area contributed by atoms with Gasteiger partial charge in [0.05, 0.1) is 12.9 Å². The number of carbonyl (C=O) groups excluding carboxylic acids is 1. The average Bonchev–Trinajstić information content (AvgIpc) is 3.18. The van der Waals surface area contributed by atoms with Crippen molar-refractivity contribution in [3.05, 3.63) is 72.6 Å². The van der Waals surface area contributed by atoms with Gasteiger partial charge in [0.15, 0.2) is 0 Å². The summed E-state index contributed by atoms with van der Waals surface area (Å²) in [6, 6.07) is 3.76. The van der Waals surface area contributed by atoms with Crippen LogP contribution in [0.2, 0.25) is 0 Å². The van der Waals surface area contributed by atoms with Gasteiger partial charge in [-0.1, -0.05) is 38.7 Å². The van der Waals surface area contributed by atoms with Crippen molar-refractivity contribution in [3.8, 4) is 0 Å². The highest BCUT2D eigenvalue weighted by Crippen LogP contribution is 2.36. The van der Waals surface area contributed by atoms with E-state index in [1.807, 2.05) is 33.0 Å². The summed E-state index contributed by atoms with van der Waals surface area (Å²) in [5.41, 5.74) is 2.32. The number of esters is 1. The molecular formula is C25H37FN4O2. The SMILES string of the molecule is C=C/C=C\C=C(/C)F.CC.COC(=O)C1CC(c2ccncc2)=C(N2CCNCC2)N1C. The van der Waals surface area contributed by atoms with Crippen LogP contribution in [0.15, 0.2) is 67.1 Å². The maximum absolute atomic E-state index is 12.1. The molecule has 32 heavy (non-hydrogen) atoms. The van der Waals surface area contributed by atoms with Crippen LogP contribution in [-0.2, 0) is 9.53 Å². The van der Waals surface area contributed by atoms with Crippen molar-refractivity contribution < 1.29 is 13.9 Å². The van der Waals surface area contributed by atoms with Gasteiger partial charge in [-0.2, -0.15) is 0 Å². The first-order chi connectivity index (χ1) is 15.5. The number of piperazine rings is 1. The van der Waals surface area contributed by atoms with E-state index in [9.17, 15) is 9.18 Å². The molecule has 176 valence electrons. The van der Waals surface area contributed by atoms with Gasteiger partial charge >= 0.3 is 5.97 Å². The normalized spacial score (nSPS) is 18.6. The minimum absolute atomic E-state index is 0.181. The standard InChI is InChI=1S/C16H22N4O2.C7H9F.C2H6/c1-19-14(16(21)22-2)11-13(12-3-5-17-6-4-12)15(19)20-9-7-18-8-10-20;1-3-4-5-6-7(2)8;1-2/h3-6,14,18H,7-11H2,1-2H3;3-6H,1H2,2H3;1-2H3/b;5-4-,7-6+;. The van der Waals surface area contributed by atoms with Gasteiger partial charge in [0.1, 0.15) is 11.9 Å². The van der Waals surface area contributed by atoms with E-state index in [1.165, 1.54) is 25.7 Å². The van der Waals surface area contributed by atoms with Crippen LogP contribution in [0.5, 0.6) is 0 Å². The van der Waals surface area contributed by atoms with Crippen LogP contribution in [0.4, 0.5) is 4.39 Å². The highest BCUT2D eigenvalue weighted by molar-refractivity contribution is 5.83. The zero-order chi connectivity index (χ0) is 23.9. The first-order valence-electron chi connectivity index (χ1n) is 11.0. The fourth-order valence-corrected chi connectivity index (χ4v) is 3.52. The number of allylic oxidation sites excluding steroid dienone is 5. The molecule has 1 N–H and O–H groups in total. The second-order valence-corrected chi connectivity index (χ2v) is 7.00. The molecule has 1 aromatic heterocycles. The average molecular weight is 445 g/mol. The Kier molecular flexibility index (Phi) is 12.7. The number of rotatable bonds is 5. The van der Waals surface area contributed by atoms with Crippen LogP contribution >= 0.6 is 0 Å². The number of hydrogen-bond acceptors (Lipinski definition) is 6. The van der Waals surface area contributed by atoms with E-state index in [-0.39, 0.29) is 17.8 Å². The van der Waals surface area contributed by atoms with Gasteiger partial charge in [-0.25, -0.2) is 9.18 Å². The molecule has 0 aromatic carbocycles. The maximum Gasteiger partial charge on any atom is 0.328 e. The molecule has 1 atom stereocenters. The summed E-state index contributed by atoms with van der Waals surface area (Å²) >= 11 is 0. The van der Waals surface area contributed by atoms with Gasteiger partial charge in [-0.05, 0) is 30.7 Å². The second kappa shape index (κ2) is 15.0. The van der Waals surface area contributed by atoms with E-state index in [0.717, 1.165) is 37.6 Å². The van der Waals surface area contributed by atoms with Crippen molar-refractivity contribution in [1.29, 1.82) is 0 Å². The van der Waals surface area contributed by atoms with Crippen LogP contribution in [0, 0.1) is 0 Å². The van der Waals surface area contributed by atoms with Gasteiger partial charge < -0.3 is 19.9 Å². The number of likely N-dealkylation sites (N-methyl/N-ethyl adjacent to an activating group) is 1. The molecule has 0 radical (unpaired) electrons. The molecule has 2 aliphatic rings. The molecule has 1 saturated heterocycles. The molecule has 1 fully saturated rings. The number of methoxy groups -OCH3 is 1. The summed E-state index contributed by atoms with van der Waals surface area (Å²) in [6.07, 6.45) is 10.5. The van der Waals surface area contributed by atoms with E-state index in [0.29, 0.717) is 6.42 Å². The first kappa shape index (κ1) is 27.1. The molecule has 0 amide bonds. The third-order valence-electron chi connectivity index (χ3n) is 4.96. The summed E-state index contributed by atoms with van der Waals surface area (Å²) in [5, 5.41) is 3.37. The first-order valence-corrected chi connectivity index (χ1v) is 11.0. The number of aromatic nitrogens is 1. The Hall–Kier alpha value is -2.93. The lowest BCUT2D eigenvalue weighted by atomic mass is 10.0. The minimum atomic E-state index is -0.252. The molecule has 3 rings (SSSR count). The van der Waals surface area contributed by atoms with E-state index >= 15 is 0 Å². The number of nitrogens with zero attached hydrogens (tertiary/aromatic N) is 3. The van der Waals surface area contributed by atoms with Crippen LogP contribution in [0.25, 0.3) is 5.57 Å². The molecule has 7 heteroatoms. The Bertz CT molecular complexity index is 795. The zero-order valence-electron chi connectivity index (χ0n) is 20.0. The molecule has 0 saturated carbocycles. The maximum atomic E-state index is 12.1. The lowest BCUT2D eigenvalue weighted by Gasteiger charge is -2.36. The van der Waals surface area contributed by atoms with Crippen LogP contribution in [0.3, 0.4) is 0 Å². The molecule has 1 aromatic rings. The largest absolute Gasteiger partial charge is 0.467 e. The third-order valence-corrected chi connectivity index (χ3v) is 4.96. The molecule has 0 spiro atoms. The van der Waals surface area contributed by atoms with Crippen molar-refractivity contribution in [2.24, 2.45) is 0 Å². The molecular weight excluding hydrogens is 407 g/mol. The Morgan fingerprint density at radius 1 is 1.25 bits per heavy atom. The summed E-state index contributed by atoms with van der Waals surface area (Å²) in [7, 11) is 3.43. The Morgan fingerprint density at radius 2 is 1.88 bits per heavy atom. The van der Waals surface area contributed by atoms with Gasteiger partial charge in [0, 0.05) is 57.6 Å². The van der Waals surface area contributed by atoms with E-state index in [4.69, 9.17) is 4.74 Å². The molecule has 0 bridgehead atoms. The Balaban J connectivity index is 0.000000436. The molecule has 1 unspecified atom stereocenters. The number of pyridine rings is 1. The quantitative estimate of drug-likeness (QED) is 0.544.